The first-order chi connectivity index (χ1) is 5.61. The number of nitrogens with zero attached hydrogens (tertiary/aromatic N) is 3. The monoisotopic (exact) mass is 188 g/mol. The van der Waals surface area contributed by atoms with E-state index in [0.717, 1.165) is 11.8 Å². The molecule has 6 nitrogen and oxygen atoms in total. The molecule has 7 heteroatoms. The number of hydrogen-bond donors (Lipinski definition) is 2. The van der Waals surface area contributed by atoms with E-state index in [9.17, 15) is 4.79 Å². The lowest BCUT2D eigenvalue weighted by Crippen LogP contribution is -2.15. The number of carbonyl (C=O) groups is 1. The Morgan fingerprint density at radius 2 is 2.58 bits per heavy atom. The fourth-order valence-corrected chi connectivity index (χ4v) is 1.21. The molecule has 1 unspecified atom stereocenters. The average Bonchev–Trinajstić information content (AvgIpc) is 2.36. The summed E-state index contributed by atoms with van der Waals surface area (Å²) in [5.41, 5.74) is 0. The minimum Gasteiger partial charge on any atom is -0.480 e. The van der Waals surface area contributed by atoms with E-state index in [1.165, 1.54) is 11.0 Å². The van der Waals surface area contributed by atoms with Crippen LogP contribution in [-0.2, 0) is 4.79 Å². The van der Waals surface area contributed by atoms with E-state index in [1.807, 2.05) is 0 Å². The standard InChI is InChI=1S/C5H8N4O2S/c1-3(4(10)11)12-5-8-7-2-9(5)6/h2-3H,6H2,1H3,(H,10,11). The van der Waals surface area contributed by atoms with Crippen molar-refractivity contribution in [1.82, 2.24) is 14.9 Å². The SMILES string of the molecule is CC(Sc1nncn1N)C(=O)O. The summed E-state index contributed by atoms with van der Waals surface area (Å²) in [5, 5.41) is 15.5. The largest absolute Gasteiger partial charge is 0.480 e. The first-order valence-corrected chi connectivity index (χ1v) is 4.04. The van der Waals surface area contributed by atoms with Crippen LogP contribution in [0.4, 0.5) is 0 Å². The van der Waals surface area contributed by atoms with Gasteiger partial charge in [-0.05, 0) is 6.92 Å². The van der Waals surface area contributed by atoms with Crippen LogP contribution in [0.3, 0.4) is 0 Å². The summed E-state index contributed by atoms with van der Waals surface area (Å²) >= 11 is 1.05. The van der Waals surface area contributed by atoms with E-state index in [-0.39, 0.29) is 0 Å². The second kappa shape index (κ2) is 3.44. The molecule has 0 aliphatic rings. The molecule has 12 heavy (non-hydrogen) atoms. The smallest absolute Gasteiger partial charge is 0.316 e. The van der Waals surface area contributed by atoms with Gasteiger partial charge in [0.15, 0.2) is 0 Å². The van der Waals surface area contributed by atoms with Crippen LogP contribution in [0.25, 0.3) is 0 Å². The van der Waals surface area contributed by atoms with Crippen molar-refractivity contribution < 1.29 is 9.90 Å². The lowest BCUT2D eigenvalue weighted by Gasteiger charge is -2.03. The molecular formula is C5H8N4O2S. The fraction of sp³-hybridized carbons (Fsp3) is 0.400. The summed E-state index contributed by atoms with van der Waals surface area (Å²) in [4.78, 5) is 10.4. The van der Waals surface area contributed by atoms with Crippen LogP contribution < -0.4 is 5.84 Å². The number of aliphatic carboxylic acids is 1. The predicted octanol–water partition coefficient (Wildman–Crippen LogP) is -0.443. The van der Waals surface area contributed by atoms with Gasteiger partial charge in [-0.15, -0.1) is 10.2 Å². The van der Waals surface area contributed by atoms with Crippen molar-refractivity contribution in [3.8, 4) is 0 Å². The molecular weight excluding hydrogens is 180 g/mol. The molecule has 0 aliphatic heterocycles. The molecule has 0 aliphatic carbocycles. The van der Waals surface area contributed by atoms with Gasteiger partial charge in [0.05, 0.1) is 0 Å². The summed E-state index contributed by atoms with van der Waals surface area (Å²) in [6.07, 6.45) is 1.32. The topological polar surface area (TPSA) is 94.0 Å². The highest BCUT2D eigenvalue weighted by atomic mass is 32.2. The molecule has 0 saturated carbocycles. The molecule has 0 fully saturated rings. The normalized spacial score (nSPS) is 12.8. The number of rotatable bonds is 3. The molecule has 0 aromatic carbocycles. The van der Waals surface area contributed by atoms with Gasteiger partial charge >= 0.3 is 5.97 Å². The second-order valence-corrected chi connectivity index (χ2v) is 3.43. The van der Waals surface area contributed by atoms with E-state index < -0.39 is 11.2 Å². The minimum absolute atomic E-state index is 0.393. The van der Waals surface area contributed by atoms with Gasteiger partial charge in [-0.3, -0.25) is 4.79 Å². The summed E-state index contributed by atoms with van der Waals surface area (Å²) in [6, 6.07) is 0. The van der Waals surface area contributed by atoms with Gasteiger partial charge in [0.2, 0.25) is 5.16 Å². The van der Waals surface area contributed by atoms with Crippen LogP contribution in [-0.4, -0.2) is 31.2 Å². The van der Waals surface area contributed by atoms with E-state index in [1.54, 1.807) is 6.92 Å². The molecule has 0 amide bonds. The number of aromatic nitrogens is 3. The maximum Gasteiger partial charge on any atom is 0.316 e. The van der Waals surface area contributed by atoms with Crippen LogP contribution in [0, 0.1) is 0 Å². The predicted molar refractivity (Wildman–Crippen MR) is 43.1 cm³/mol. The van der Waals surface area contributed by atoms with E-state index >= 15 is 0 Å². The molecule has 1 aromatic heterocycles. The molecule has 1 aromatic rings. The van der Waals surface area contributed by atoms with Gasteiger partial charge < -0.3 is 10.9 Å². The molecule has 3 N–H and O–H groups in total. The van der Waals surface area contributed by atoms with Gasteiger partial charge in [-0.25, -0.2) is 4.68 Å². The van der Waals surface area contributed by atoms with Crippen LogP contribution in [0.5, 0.6) is 0 Å². The highest BCUT2D eigenvalue weighted by Gasteiger charge is 2.15. The van der Waals surface area contributed by atoms with Gasteiger partial charge in [0.25, 0.3) is 0 Å². The molecule has 0 bridgehead atoms. The molecule has 0 radical (unpaired) electrons. The fourth-order valence-electron chi connectivity index (χ4n) is 0.525. The Labute approximate surface area is 72.7 Å². The highest BCUT2D eigenvalue weighted by Crippen LogP contribution is 2.18. The van der Waals surface area contributed by atoms with Crippen molar-refractivity contribution in [2.45, 2.75) is 17.3 Å². The van der Waals surface area contributed by atoms with Crippen LogP contribution in [0.1, 0.15) is 6.92 Å². The van der Waals surface area contributed by atoms with Gasteiger partial charge in [-0.1, -0.05) is 11.8 Å². The van der Waals surface area contributed by atoms with Crippen molar-refractivity contribution in [2.24, 2.45) is 0 Å². The Hall–Kier alpha value is -1.24. The summed E-state index contributed by atoms with van der Waals surface area (Å²) in [6.45, 7) is 1.56. The van der Waals surface area contributed by atoms with E-state index in [4.69, 9.17) is 10.9 Å². The van der Waals surface area contributed by atoms with Gasteiger partial charge in [0, 0.05) is 0 Å². The summed E-state index contributed by atoms with van der Waals surface area (Å²) in [5.74, 6) is 4.47. The zero-order chi connectivity index (χ0) is 9.14. The maximum absolute atomic E-state index is 10.4. The second-order valence-electron chi connectivity index (χ2n) is 2.12. The Bertz CT molecular complexity index is 287. The molecule has 1 rings (SSSR count). The third kappa shape index (κ3) is 1.88. The zero-order valence-electron chi connectivity index (χ0n) is 6.34. The van der Waals surface area contributed by atoms with Crippen molar-refractivity contribution in [1.29, 1.82) is 0 Å². The Morgan fingerprint density at radius 3 is 3.00 bits per heavy atom. The van der Waals surface area contributed by atoms with Crippen molar-refractivity contribution >= 4 is 17.7 Å². The van der Waals surface area contributed by atoms with Gasteiger partial charge in [-0.2, -0.15) is 0 Å². The molecule has 0 spiro atoms. The number of hydrogen-bond acceptors (Lipinski definition) is 5. The third-order valence-electron chi connectivity index (χ3n) is 1.17. The zero-order valence-corrected chi connectivity index (χ0v) is 7.15. The number of nitrogens with two attached hydrogens (primary N) is 1. The first kappa shape index (κ1) is 8.85. The Kier molecular flexibility index (Phi) is 2.54. The number of thioether (sulfide) groups is 1. The van der Waals surface area contributed by atoms with Crippen molar-refractivity contribution in [2.75, 3.05) is 5.84 Å². The quantitative estimate of drug-likeness (QED) is 0.493. The Morgan fingerprint density at radius 1 is 1.92 bits per heavy atom. The molecule has 1 heterocycles. The van der Waals surface area contributed by atoms with E-state index in [0.29, 0.717) is 5.16 Å². The summed E-state index contributed by atoms with van der Waals surface area (Å²) < 4.78 is 1.18. The molecule has 66 valence electrons. The van der Waals surface area contributed by atoms with Crippen molar-refractivity contribution in [3.05, 3.63) is 6.33 Å². The number of nitrogen functional groups attached to an aromatic ring is 1. The van der Waals surface area contributed by atoms with Crippen LogP contribution in [0.2, 0.25) is 0 Å². The van der Waals surface area contributed by atoms with Crippen LogP contribution >= 0.6 is 11.8 Å². The lowest BCUT2D eigenvalue weighted by atomic mass is 10.5. The molecule has 1 atom stereocenters. The van der Waals surface area contributed by atoms with Crippen LogP contribution in [0.15, 0.2) is 11.5 Å². The highest BCUT2D eigenvalue weighted by molar-refractivity contribution is 8.00. The van der Waals surface area contributed by atoms with E-state index in [2.05, 4.69) is 10.2 Å². The lowest BCUT2D eigenvalue weighted by molar-refractivity contribution is -0.136. The average molecular weight is 188 g/mol. The van der Waals surface area contributed by atoms with Gasteiger partial charge in [0.1, 0.15) is 11.6 Å². The number of carboxylic acid groups (broad SMARTS) is 1. The van der Waals surface area contributed by atoms with Crippen molar-refractivity contribution in [3.63, 3.8) is 0 Å². The number of carboxylic acids is 1. The first-order valence-electron chi connectivity index (χ1n) is 3.16. The molecule has 0 saturated heterocycles. The maximum atomic E-state index is 10.4. The summed E-state index contributed by atoms with van der Waals surface area (Å²) in [7, 11) is 0. The third-order valence-corrected chi connectivity index (χ3v) is 2.23. The Balaban J connectivity index is 2.64. The minimum atomic E-state index is -0.900.